The molecule has 2 rings (SSSR count). The predicted molar refractivity (Wildman–Crippen MR) is 106 cm³/mol. The summed E-state index contributed by atoms with van der Waals surface area (Å²) < 4.78 is 15.4. The first kappa shape index (κ1) is 21.7. The van der Waals surface area contributed by atoms with Gasteiger partial charge in [0.05, 0.1) is 24.7 Å². The van der Waals surface area contributed by atoms with Crippen LogP contribution in [0.3, 0.4) is 0 Å². The molecule has 2 aromatic rings. The van der Waals surface area contributed by atoms with Gasteiger partial charge in [0.25, 0.3) is 11.6 Å². The van der Waals surface area contributed by atoms with Crippen LogP contribution in [0.25, 0.3) is 0 Å². The van der Waals surface area contributed by atoms with Crippen molar-refractivity contribution in [2.75, 3.05) is 25.6 Å². The van der Waals surface area contributed by atoms with Crippen molar-refractivity contribution >= 4 is 23.3 Å². The van der Waals surface area contributed by atoms with Gasteiger partial charge in [0.1, 0.15) is 5.56 Å². The molecule has 0 aliphatic heterocycles. The molecule has 0 atom stereocenters. The van der Waals surface area contributed by atoms with E-state index in [1.807, 2.05) is 19.1 Å². The number of ether oxygens (including phenoxy) is 3. The molecule has 2 aromatic carbocycles. The van der Waals surface area contributed by atoms with Gasteiger partial charge < -0.3 is 19.5 Å². The van der Waals surface area contributed by atoms with Gasteiger partial charge in [-0.1, -0.05) is 19.1 Å². The van der Waals surface area contributed by atoms with E-state index in [9.17, 15) is 19.7 Å². The van der Waals surface area contributed by atoms with Crippen molar-refractivity contribution in [1.82, 2.24) is 0 Å². The lowest BCUT2D eigenvalue weighted by Crippen LogP contribution is -2.21. The topological polar surface area (TPSA) is 117 Å². The summed E-state index contributed by atoms with van der Waals surface area (Å²) in [7, 11) is 1.34. The number of amides is 1. The van der Waals surface area contributed by atoms with Gasteiger partial charge in [-0.3, -0.25) is 14.9 Å². The Kier molecular flexibility index (Phi) is 7.53. The van der Waals surface area contributed by atoms with E-state index in [1.165, 1.54) is 7.11 Å². The minimum Gasteiger partial charge on any atom is -0.493 e. The molecule has 0 aliphatic carbocycles. The van der Waals surface area contributed by atoms with Gasteiger partial charge in [0.2, 0.25) is 0 Å². The number of nitrogens with one attached hydrogen (secondary N) is 1. The average Bonchev–Trinajstić information content (AvgIpc) is 2.71. The highest BCUT2D eigenvalue weighted by Gasteiger charge is 2.26. The summed E-state index contributed by atoms with van der Waals surface area (Å²) in [4.78, 5) is 35.0. The number of nitrogens with zero attached hydrogens (tertiary/aromatic N) is 1. The van der Waals surface area contributed by atoms with Crippen LogP contribution in [0.5, 0.6) is 11.5 Å². The zero-order valence-electron chi connectivity index (χ0n) is 16.4. The molecule has 0 saturated carbocycles. The number of benzene rings is 2. The zero-order chi connectivity index (χ0) is 21.4. The molecule has 0 saturated heterocycles. The number of esters is 1. The SMILES string of the molecule is CCOc1cc([N+](=O)[O-])c(C(=O)OCC(=O)Nc2cccc(CC)c2)cc1OC. The van der Waals surface area contributed by atoms with Crippen molar-refractivity contribution in [3.8, 4) is 11.5 Å². The highest BCUT2D eigenvalue weighted by atomic mass is 16.6. The van der Waals surface area contributed by atoms with Gasteiger partial charge in [0.15, 0.2) is 18.1 Å². The Morgan fingerprint density at radius 1 is 1.14 bits per heavy atom. The Hall–Kier alpha value is -3.62. The van der Waals surface area contributed by atoms with E-state index in [1.54, 1.807) is 19.1 Å². The molecule has 0 aromatic heterocycles. The summed E-state index contributed by atoms with van der Waals surface area (Å²) in [5, 5.41) is 14.0. The molecule has 0 bridgehead atoms. The lowest BCUT2D eigenvalue weighted by atomic mass is 10.1. The standard InChI is InChI=1S/C20H22N2O7/c1-4-13-7-6-8-14(9-13)21-19(23)12-29-20(24)15-10-17(27-3)18(28-5-2)11-16(15)22(25)26/h6-11H,4-5,12H2,1-3H3,(H,21,23). The second kappa shape index (κ2) is 10.1. The number of aryl methyl sites for hydroxylation is 1. The number of carbonyl (C=O) groups excluding carboxylic acids is 2. The summed E-state index contributed by atoms with van der Waals surface area (Å²) in [5.41, 5.74) is 0.766. The van der Waals surface area contributed by atoms with Gasteiger partial charge in [-0.25, -0.2) is 4.79 Å². The molecule has 0 fully saturated rings. The first-order valence-electron chi connectivity index (χ1n) is 8.94. The van der Waals surface area contributed by atoms with E-state index in [2.05, 4.69) is 5.32 Å². The summed E-state index contributed by atoms with van der Waals surface area (Å²) >= 11 is 0. The van der Waals surface area contributed by atoms with Crippen molar-refractivity contribution in [3.05, 3.63) is 57.6 Å². The second-order valence-corrected chi connectivity index (χ2v) is 5.89. The number of hydrogen-bond donors (Lipinski definition) is 1. The highest BCUT2D eigenvalue weighted by molar-refractivity contribution is 5.98. The van der Waals surface area contributed by atoms with Gasteiger partial charge in [-0.2, -0.15) is 0 Å². The maximum Gasteiger partial charge on any atom is 0.345 e. The molecule has 9 heteroatoms. The van der Waals surface area contributed by atoms with Crippen LogP contribution in [0.1, 0.15) is 29.8 Å². The molecule has 29 heavy (non-hydrogen) atoms. The Labute approximate surface area is 167 Å². The molecule has 1 N–H and O–H groups in total. The Balaban J connectivity index is 2.12. The van der Waals surface area contributed by atoms with Crippen LogP contribution in [0, 0.1) is 10.1 Å². The van der Waals surface area contributed by atoms with E-state index in [-0.39, 0.29) is 23.7 Å². The van der Waals surface area contributed by atoms with Crippen LogP contribution in [-0.2, 0) is 16.0 Å². The Morgan fingerprint density at radius 2 is 1.90 bits per heavy atom. The summed E-state index contributed by atoms with van der Waals surface area (Å²) in [5.74, 6) is -1.31. The quantitative estimate of drug-likeness (QED) is 0.388. The number of rotatable bonds is 9. The average molecular weight is 402 g/mol. The Morgan fingerprint density at radius 3 is 2.52 bits per heavy atom. The van der Waals surface area contributed by atoms with Crippen LogP contribution in [0.2, 0.25) is 0 Å². The van der Waals surface area contributed by atoms with Gasteiger partial charge in [0, 0.05) is 11.8 Å². The van der Waals surface area contributed by atoms with Crippen molar-refractivity contribution < 1.29 is 28.7 Å². The number of nitro groups is 1. The largest absolute Gasteiger partial charge is 0.493 e. The smallest absolute Gasteiger partial charge is 0.345 e. The molecule has 1 amide bonds. The number of methoxy groups -OCH3 is 1. The van der Waals surface area contributed by atoms with E-state index in [4.69, 9.17) is 14.2 Å². The normalized spacial score (nSPS) is 10.2. The van der Waals surface area contributed by atoms with Crippen LogP contribution >= 0.6 is 0 Å². The zero-order valence-corrected chi connectivity index (χ0v) is 16.4. The molecule has 9 nitrogen and oxygen atoms in total. The fourth-order valence-corrected chi connectivity index (χ4v) is 2.57. The van der Waals surface area contributed by atoms with E-state index in [0.29, 0.717) is 5.69 Å². The number of carbonyl (C=O) groups is 2. The van der Waals surface area contributed by atoms with E-state index >= 15 is 0 Å². The number of hydrogen-bond acceptors (Lipinski definition) is 7. The van der Waals surface area contributed by atoms with Crippen LogP contribution in [0.4, 0.5) is 11.4 Å². The molecule has 0 aliphatic rings. The third-order valence-corrected chi connectivity index (χ3v) is 3.95. The molecule has 0 radical (unpaired) electrons. The summed E-state index contributed by atoms with van der Waals surface area (Å²) in [6, 6.07) is 9.50. The van der Waals surface area contributed by atoms with E-state index < -0.39 is 29.1 Å². The summed E-state index contributed by atoms with van der Waals surface area (Å²) in [6.45, 7) is 3.36. The van der Waals surface area contributed by atoms with Crippen molar-refractivity contribution in [2.45, 2.75) is 20.3 Å². The van der Waals surface area contributed by atoms with Crippen LogP contribution < -0.4 is 14.8 Å². The molecule has 0 heterocycles. The minimum absolute atomic E-state index is 0.131. The molecular formula is C20H22N2O7. The molecule has 154 valence electrons. The van der Waals surface area contributed by atoms with Crippen LogP contribution in [0.15, 0.2) is 36.4 Å². The van der Waals surface area contributed by atoms with Gasteiger partial charge >= 0.3 is 5.97 Å². The number of anilines is 1. The van der Waals surface area contributed by atoms with E-state index in [0.717, 1.165) is 24.1 Å². The van der Waals surface area contributed by atoms with Crippen molar-refractivity contribution in [1.29, 1.82) is 0 Å². The molecular weight excluding hydrogens is 380 g/mol. The van der Waals surface area contributed by atoms with Crippen molar-refractivity contribution in [2.24, 2.45) is 0 Å². The number of nitro benzene ring substituents is 1. The third-order valence-electron chi connectivity index (χ3n) is 3.95. The molecule has 0 unspecified atom stereocenters. The van der Waals surface area contributed by atoms with Crippen LogP contribution in [-0.4, -0.2) is 37.1 Å². The highest BCUT2D eigenvalue weighted by Crippen LogP contribution is 2.35. The fraction of sp³-hybridized carbons (Fsp3) is 0.300. The maximum atomic E-state index is 12.4. The molecule has 0 spiro atoms. The van der Waals surface area contributed by atoms with Gasteiger partial charge in [-0.05, 0) is 31.0 Å². The Bertz CT molecular complexity index is 912. The second-order valence-electron chi connectivity index (χ2n) is 5.89. The lowest BCUT2D eigenvalue weighted by molar-refractivity contribution is -0.385. The third kappa shape index (κ3) is 5.68. The fourth-order valence-electron chi connectivity index (χ4n) is 2.57. The van der Waals surface area contributed by atoms with Gasteiger partial charge in [-0.15, -0.1) is 0 Å². The summed E-state index contributed by atoms with van der Waals surface area (Å²) in [6.07, 6.45) is 0.807. The first-order valence-corrected chi connectivity index (χ1v) is 8.94. The minimum atomic E-state index is -1.02. The monoisotopic (exact) mass is 402 g/mol. The lowest BCUT2D eigenvalue weighted by Gasteiger charge is -2.12. The van der Waals surface area contributed by atoms with Crippen molar-refractivity contribution in [3.63, 3.8) is 0 Å². The predicted octanol–water partition coefficient (Wildman–Crippen LogP) is 3.36. The maximum absolute atomic E-state index is 12.4. The first-order chi connectivity index (χ1) is 13.9.